The van der Waals surface area contributed by atoms with E-state index in [1.807, 2.05) is 29.5 Å². The molecule has 0 N–H and O–H groups in total. The molecule has 4 nitrogen and oxygen atoms in total. The Morgan fingerprint density at radius 3 is 3.00 bits per heavy atom. The highest BCUT2D eigenvalue weighted by Gasteiger charge is 2.21. The number of carbonyl (C=O) groups excluding carboxylic acids is 2. The van der Waals surface area contributed by atoms with Crippen LogP contribution in [0.5, 0.6) is 0 Å². The molecule has 0 aliphatic carbocycles. The topological polar surface area (TPSA) is 40.6 Å². The number of thiophene rings is 1. The minimum atomic E-state index is 0.0986. The molecule has 1 fully saturated rings. The fourth-order valence-corrected chi connectivity index (χ4v) is 2.56. The number of Topliss-reactive ketones (excluding diaryl/α,β-unsaturated/α-hetero) is 1. The van der Waals surface area contributed by atoms with Crippen molar-refractivity contribution in [2.75, 3.05) is 33.2 Å². The Bertz CT molecular complexity index is 403. The predicted molar refractivity (Wildman–Crippen MR) is 67.3 cm³/mol. The number of amides is 1. The number of nitrogens with zero attached hydrogens (tertiary/aromatic N) is 2. The number of rotatable bonds is 3. The van der Waals surface area contributed by atoms with E-state index in [0.717, 1.165) is 24.4 Å². The first-order valence-corrected chi connectivity index (χ1v) is 6.58. The van der Waals surface area contributed by atoms with Crippen molar-refractivity contribution in [3.63, 3.8) is 0 Å². The lowest BCUT2D eigenvalue weighted by atomic mass is 10.3. The Morgan fingerprint density at radius 2 is 2.29 bits per heavy atom. The van der Waals surface area contributed by atoms with E-state index in [1.54, 1.807) is 4.90 Å². The summed E-state index contributed by atoms with van der Waals surface area (Å²) < 4.78 is 0. The zero-order valence-electron chi connectivity index (χ0n) is 9.89. The van der Waals surface area contributed by atoms with E-state index in [4.69, 9.17) is 0 Å². The van der Waals surface area contributed by atoms with Crippen LogP contribution in [0.15, 0.2) is 17.5 Å². The number of hydrogen-bond donors (Lipinski definition) is 0. The SMILES string of the molecule is CN1CCCN(CC(=O)c2cccs2)CC1=O. The molecule has 1 amide bonds. The Balaban J connectivity index is 1.94. The number of ketones is 1. The first-order valence-electron chi connectivity index (χ1n) is 5.70. The van der Waals surface area contributed by atoms with Gasteiger partial charge in [0, 0.05) is 20.1 Å². The third kappa shape index (κ3) is 3.14. The molecule has 0 saturated carbocycles. The van der Waals surface area contributed by atoms with E-state index in [2.05, 4.69) is 0 Å². The van der Waals surface area contributed by atoms with Crippen LogP contribution in [0.2, 0.25) is 0 Å². The van der Waals surface area contributed by atoms with Gasteiger partial charge in [-0.2, -0.15) is 0 Å². The Labute approximate surface area is 105 Å². The average molecular weight is 252 g/mol. The van der Waals surface area contributed by atoms with Crippen LogP contribution in [-0.4, -0.2) is 54.7 Å². The zero-order chi connectivity index (χ0) is 12.3. The third-order valence-electron chi connectivity index (χ3n) is 2.92. The highest BCUT2D eigenvalue weighted by atomic mass is 32.1. The first kappa shape index (κ1) is 12.3. The van der Waals surface area contributed by atoms with Crippen LogP contribution in [0.1, 0.15) is 16.1 Å². The Morgan fingerprint density at radius 1 is 1.47 bits per heavy atom. The van der Waals surface area contributed by atoms with Gasteiger partial charge in [-0.25, -0.2) is 0 Å². The molecule has 0 bridgehead atoms. The normalized spacial score (nSPS) is 18.2. The summed E-state index contributed by atoms with van der Waals surface area (Å²) in [6.45, 7) is 2.30. The van der Waals surface area contributed by atoms with Crippen molar-refractivity contribution in [2.45, 2.75) is 6.42 Å². The van der Waals surface area contributed by atoms with Gasteiger partial charge < -0.3 is 4.90 Å². The maximum absolute atomic E-state index is 11.9. The van der Waals surface area contributed by atoms with Crippen molar-refractivity contribution in [3.8, 4) is 0 Å². The summed E-state index contributed by atoms with van der Waals surface area (Å²) in [6, 6.07) is 3.71. The summed E-state index contributed by atoms with van der Waals surface area (Å²) in [4.78, 5) is 28.0. The molecule has 1 aromatic rings. The molecule has 0 radical (unpaired) electrons. The molecule has 0 spiro atoms. The molecule has 92 valence electrons. The molecule has 1 saturated heterocycles. The highest BCUT2D eigenvalue weighted by Crippen LogP contribution is 2.11. The number of hydrogen-bond acceptors (Lipinski definition) is 4. The summed E-state index contributed by atoms with van der Waals surface area (Å²) >= 11 is 1.45. The maximum Gasteiger partial charge on any atom is 0.236 e. The third-order valence-corrected chi connectivity index (χ3v) is 3.83. The van der Waals surface area contributed by atoms with E-state index >= 15 is 0 Å². The summed E-state index contributed by atoms with van der Waals surface area (Å²) in [6.07, 6.45) is 0.931. The van der Waals surface area contributed by atoms with Gasteiger partial charge in [0.25, 0.3) is 0 Å². The fraction of sp³-hybridized carbons (Fsp3) is 0.500. The van der Waals surface area contributed by atoms with Gasteiger partial charge in [-0.3, -0.25) is 14.5 Å². The van der Waals surface area contributed by atoms with E-state index in [1.165, 1.54) is 11.3 Å². The van der Waals surface area contributed by atoms with E-state index in [9.17, 15) is 9.59 Å². The van der Waals surface area contributed by atoms with Crippen molar-refractivity contribution in [2.24, 2.45) is 0 Å². The molecule has 0 unspecified atom stereocenters. The van der Waals surface area contributed by atoms with Crippen LogP contribution in [-0.2, 0) is 4.79 Å². The smallest absolute Gasteiger partial charge is 0.236 e. The quantitative estimate of drug-likeness (QED) is 0.756. The van der Waals surface area contributed by atoms with Gasteiger partial charge in [0.15, 0.2) is 5.78 Å². The molecular weight excluding hydrogens is 236 g/mol. The largest absolute Gasteiger partial charge is 0.345 e. The van der Waals surface area contributed by atoms with Gasteiger partial charge in [0.05, 0.1) is 18.0 Å². The fourth-order valence-electron chi connectivity index (χ4n) is 1.90. The van der Waals surface area contributed by atoms with Crippen LogP contribution in [0.4, 0.5) is 0 Å². The summed E-state index contributed by atoms with van der Waals surface area (Å²) in [5.41, 5.74) is 0. The molecule has 2 rings (SSSR count). The van der Waals surface area contributed by atoms with Gasteiger partial charge in [-0.05, 0) is 17.9 Å². The van der Waals surface area contributed by atoms with Crippen molar-refractivity contribution in [1.82, 2.24) is 9.80 Å². The van der Waals surface area contributed by atoms with Gasteiger partial charge in [-0.15, -0.1) is 11.3 Å². The molecule has 5 heteroatoms. The van der Waals surface area contributed by atoms with E-state index < -0.39 is 0 Å². The van der Waals surface area contributed by atoms with Gasteiger partial charge in [0.1, 0.15) is 0 Å². The lowest BCUT2D eigenvalue weighted by molar-refractivity contribution is -0.129. The summed E-state index contributed by atoms with van der Waals surface area (Å²) in [7, 11) is 1.81. The minimum absolute atomic E-state index is 0.0986. The second-order valence-electron chi connectivity index (χ2n) is 4.28. The van der Waals surface area contributed by atoms with Crippen molar-refractivity contribution < 1.29 is 9.59 Å². The highest BCUT2D eigenvalue weighted by molar-refractivity contribution is 7.12. The summed E-state index contributed by atoms with van der Waals surface area (Å²) in [5.74, 6) is 0.207. The zero-order valence-corrected chi connectivity index (χ0v) is 10.7. The Hall–Kier alpha value is -1.20. The van der Waals surface area contributed by atoms with Crippen LogP contribution in [0.3, 0.4) is 0 Å². The average Bonchev–Trinajstić information content (AvgIpc) is 2.77. The minimum Gasteiger partial charge on any atom is -0.345 e. The second-order valence-corrected chi connectivity index (χ2v) is 5.23. The monoisotopic (exact) mass is 252 g/mol. The van der Waals surface area contributed by atoms with Crippen molar-refractivity contribution in [1.29, 1.82) is 0 Å². The molecular formula is C12H16N2O2S. The second kappa shape index (κ2) is 5.42. The van der Waals surface area contributed by atoms with Gasteiger partial charge in [0.2, 0.25) is 5.91 Å². The molecule has 1 aliphatic heterocycles. The molecule has 0 aromatic carbocycles. The number of likely N-dealkylation sites (N-methyl/N-ethyl adjacent to an activating group) is 1. The Kier molecular flexibility index (Phi) is 3.91. The van der Waals surface area contributed by atoms with Crippen LogP contribution < -0.4 is 0 Å². The van der Waals surface area contributed by atoms with Crippen LogP contribution >= 0.6 is 11.3 Å². The molecule has 17 heavy (non-hydrogen) atoms. The van der Waals surface area contributed by atoms with Gasteiger partial charge >= 0.3 is 0 Å². The standard InChI is InChI=1S/C12H16N2O2S/c1-13-5-3-6-14(9-12(13)16)8-10(15)11-4-2-7-17-11/h2,4,7H,3,5-6,8-9H2,1H3. The van der Waals surface area contributed by atoms with Gasteiger partial charge in [-0.1, -0.05) is 6.07 Å². The van der Waals surface area contributed by atoms with Crippen LogP contribution in [0, 0.1) is 0 Å². The number of carbonyl (C=O) groups is 2. The first-order chi connectivity index (χ1) is 8.16. The lowest BCUT2D eigenvalue weighted by Crippen LogP contribution is -2.37. The van der Waals surface area contributed by atoms with Crippen molar-refractivity contribution >= 4 is 23.0 Å². The molecule has 1 aromatic heterocycles. The molecule has 0 atom stereocenters. The van der Waals surface area contributed by atoms with Crippen molar-refractivity contribution in [3.05, 3.63) is 22.4 Å². The predicted octanol–water partition coefficient (Wildman–Crippen LogP) is 1.09. The molecule has 1 aliphatic rings. The molecule has 2 heterocycles. The van der Waals surface area contributed by atoms with E-state index in [0.29, 0.717) is 13.1 Å². The van der Waals surface area contributed by atoms with Crippen LogP contribution in [0.25, 0.3) is 0 Å². The lowest BCUT2D eigenvalue weighted by Gasteiger charge is -2.17. The van der Waals surface area contributed by atoms with E-state index in [-0.39, 0.29) is 11.7 Å². The maximum atomic E-state index is 11.9. The summed E-state index contributed by atoms with van der Waals surface area (Å²) in [5, 5.41) is 1.90.